The van der Waals surface area contributed by atoms with Crippen molar-refractivity contribution in [2.75, 3.05) is 0 Å². The van der Waals surface area contributed by atoms with Crippen molar-refractivity contribution in [2.24, 2.45) is 0 Å². The van der Waals surface area contributed by atoms with Crippen molar-refractivity contribution < 1.29 is 0 Å². The summed E-state index contributed by atoms with van der Waals surface area (Å²) in [6.45, 7) is 2.44. The zero-order chi connectivity index (χ0) is 41.1. The molecule has 2 bridgehead atoms. The lowest BCUT2D eigenvalue weighted by Crippen LogP contribution is -2.15. The van der Waals surface area contributed by atoms with E-state index in [-0.39, 0.29) is 0 Å². The van der Waals surface area contributed by atoms with Crippen LogP contribution in [0.25, 0.3) is 119 Å². The van der Waals surface area contributed by atoms with Crippen molar-refractivity contribution >= 4 is 96.8 Å². The van der Waals surface area contributed by atoms with Gasteiger partial charge < -0.3 is 0 Å². The summed E-state index contributed by atoms with van der Waals surface area (Å²) in [5.74, 6) is 2.34. The van der Waals surface area contributed by atoms with Crippen LogP contribution < -0.4 is 0 Å². The van der Waals surface area contributed by atoms with Crippen LogP contribution in [-0.4, -0.2) is 19.1 Å². The first-order valence-electron chi connectivity index (χ1n) is 22.0. The molecule has 4 heterocycles. The average molecular weight is 821 g/mol. The minimum absolute atomic E-state index is 0.369. The van der Waals surface area contributed by atoms with Gasteiger partial charge in [-0.2, -0.15) is 4.98 Å². The van der Waals surface area contributed by atoms with Crippen molar-refractivity contribution in [3.05, 3.63) is 193 Å². The number of nitrogens with zero attached hydrogens (tertiary/aromatic N) is 4. The number of hydrogen-bond acceptors (Lipinski definition) is 3. The zero-order valence-electron chi connectivity index (χ0n) is 34.3. The summed E-state index contributed by atoms with van der Waals surface area (Å²) < 4.78 is 7.11. The molecule has 0 aliphatic heterocycles. The van der Waals surface area contributed by atoms with E-state index in [0.717, 1.165) is 49.9 Å². The summed E-state index contributed by atoms with van der Waals surface area (Å²) in [6, 6.07) is 65.2. The number of fused-ring (bicyclic) bond motifs is 20. The molecule has 2 atom stereocenters. The predicted octanol–water partition coefficient (Wildman–Crippen LogP) is 15.4. The van der Waals surface area contributed by atoms with Crippen LogP contribution >= 0.6 is 11.3 Å². The number of para-hydroxylation sites is 1. The first kappa shape index (κ1) is 34.0. The molecule has 0 spiro atoms. The molecule has 2 unspecified atom stereocenters. The quantitative estimate of drug-likeness (QED) is 0.174. The number of thiophene rings is 1. The number of aromatic nitrogens is 4. The lowest BCUT2D eigenvalue weighted by Gasteiger charge is -2.31. The van der Waals surface area contributed by atoms with Gasteiger partial charge in [-0.3, -0.25) is 9.13 Å². The maximum absolute atomic E-state index is 5.89. The Hall–Kier alpha value is -7.60. The number of hydrogen-bond donors (Lipinski definition) is 0. The molecule has 0 fully saturated rings. The normalized spacial score (nSPS) is 15.6. The van der Waals surface area contributed by atoms with Crippen LogP contribution in [0.2, 0.25) is 0 Å². The highest BCUT2D eigenvalue weighted by Crippen LogP contribution is 2.56. The second-order valence-electron chi connectivity index (χ2n) is 17.6. The minimum atomic E-state index is 0.369. The van der Waals surface area contributed by atoms with Gasteiger partial charge in [-0.05, 0) is 97.6 Å². The minimum Gasteiger partial charge on any atom is -0.292 e. The molecule has 0 saturated carbocycles. The maximum atomic E-state index is 5.89. The third-order valence-corrected chi connectivity index (χ3v) is 15.8. The highest BCUT2D eigenvalue weighted by atomic mass is 32.1. The summed E-state index contributed by atoms with van der Waals surface area (Å²) in [5, 5.41) is 11.0. The fourth-order valence-electron chi connectivity index (χ4n) is 11.9. The molecule has 2 aliphatic carbocycles. The van der Waals surface area contributed by atoms with Crippen molar-refractivity contribution in [3.8, 4) is 34.0 Å². The molecule has 15 rings (SSSR count). The Labute approximate surface area is 365 Å². The molecular weight excluding hydrogens is 785 g/mol. The molecule has 0 N–H and O–H groups in total. The third kappa shape index (κ3) is 4.39. The Morgan fingerprint density at radius 3 is 2.06 bits per heavy atom. The highest BCUT2D eigenvalue weighted by molar-refractivity contribution is 7.26. The van der Waals surface area contributed by atoms with Crippen LogP contribution in [-0.2, 0) is 6.42 Å². The Morgan fingerprint density at radius 1 is 0.508 bits per heavy atom. The predicted molar refractivity (Wildman–Crippen MR) is 264 cm³/mol. The first-order chi connectivity index (χ1) is 31.2. The highest BCUT2D eigenvalue weighted by Gasteiger charge is 2.37. The van der Waals surface area contributed by atoms with Gasteiger partial charge in [0.1, 0.15) is 0 Å². The smallest absolute Gasteiger partial charge is 0.237 e. The van der Waals surface area contributed by atoms with E-state index < -0.39 is 0 Å². The van der Waals surface area contributed by atoms with E-state index in [4.69, 9.17) is 9.97 Å². The first-order valence-corrected chi connectivity index (χ1v) is 22.8. The molecule has 0 amide bonds. The molecule has 4 nitrogen and oxygen atoms in total. The van der Waals surface area contributed by atoms with E-state index in [1.165, 1.54) is 86.7 Å². The Kier molecular flexibility index (Phi) is 6.63. The summed E-state index contributed by atoms with van der Waals surface area (Å²) in [4.78, 5) is 11.6. The molecule has 294 valence electrons. The van der Waals surface area contributed by atoms with Gasteiger partial charge in [0.25, 0.3) is 0 Å². The molecule has 63 heavy (non-hydrogen) atoms. The summed E-state index contributed by atoms with van der Waals surface area (Å²) >= 11 is 1.78. The molecule has 0 saturated heterocycles. The van der Waals surface area contributed by atoms with Gasteiger partial charge in [-0.25, -0.2) is 4.98 Å². The van der Waals surface area contributed by atoms with E-state index in [9.17, 15) is 0 Å². The van der Waals surface area contributed by atoms with Gasteiger partial charge >= 0.3 is 0 Å². The Morgan fingerprint density at radius 2 is 1.19 bits per heavy atom. The molecule has 2 aliphatic rings. The number of rotatable bonds is 2. The standard InChI is InChI=1S/C58H36N4S/c1-32-35-16-6-7-19-38(35)45-31-49-53(52-40-21-9-8-20-39(40)44(32)30-46(45)52)43-28-26-34-15-3-5-18-37(34)55(43)62(49)58-59-54-42-23-11-13-25-50(42)63-56(54)57(60-58)61-47-24-12-10-22-41(47)51-36-17-4-2-14-33(36)27-29-48(51)61/h2-29,31-32,44H,30H2,1H3. The molecule has 9 aromatic carbocycles. The van der Waals surface area contributed by atoms with Crippen LogP contribution in [0.15, 0.2) is 176 Å². The fraction of sp³-hybridized carbons (Fsp3) is 0.0690. The van der Waals surface area contributed by atoms with Crippen LogP contribution in [0.1, 0.15) is 35.4 Å². The maximum Gasteiger partial charge on any atom is 0.237 e. The van der Waals surface area contributed by atoms with Crippen molar-refractivity contribution in [2.45, 2.75) is 25.2 Å². The Bertz CT molecular complexity index is 4160. The molecule has 5 heteroatoms. The van der Waals surface area contributed by atoms with Crippen LogP contribution in [0, 0.1) is 0 Å². The van der Waals surface area contributed by atoms with Crippen LogP contribution in [0.3, 0.4) is 0 Å². The van der Waals surface area contributed by atoms with Crippen LogP contribution in [0.4, 0.5) is 0 Å². The van der Waals surface area contributed by atoms with Gasteiger partial charge in [0.05, 0.1) is 32.3 Å². The molecule has 0 radical (unpaired) electrons. The molecular formula is C58H36N4S. The lowest BCUT2D eigenvalue weighted by molar-refractivity contribution is 0.575. The van der Waals surface area contributed by atoms with Gasteiger partial charge in [0.15, 0.2) is 5.82 Å². The van der Waals surface area contributed by atoms with Gasteiger partial charge in [0.2, 0.25) is 5.95 Å². The fourth-order valence-corrected chi connectivity index (χ4v) is 13.0. The molecule has 4 aromatic heterocycles. The van der Waals surface area contributed by atoms with Crippen LogP contribution in [0.5, 0.6) is 0 Å². The third-order valence-electron chi connectivity index (χ3n) is 14.6. The van der Waals surface area contributed by atoms with E-state index in [0.29, 0.717) is 17.8 Å². The summed E-state index contributed by atoms with van der Waals surface area (Å²) in [5.41, 5.74) is 15.2. The van der Waals surface area contributed by atoms with E-state index in [1.54, 1.807) is 11.3 Å². The van der Waals surface area contributed by atoms with Crippen molar-refractivity contribution in [1.82, 2.24) is 19.1 Å². The Balaban J connectivity index is 1.16. The van der Waals surface area contributed by atoms with E-state index >= 15 is 0 Å². The largest absolute Gasteiger partial charge is 0.292 e. The van der Waals surface area contributed by atoms with Gasteiger partial charge in [-0.1, -0.05) is 159 Å². The topological polar surface area (TPSA) is 35.6 Å². The lowest BCUT2D eigenvalue weighted by atomic mass is 9.72. The van der Waals surface area contributed by atoms with Gasteiger partial charge in [-0.15, -0.1) is 11.3 Å². The second kappa shape index (κ2) is 12.3. The second-order valence-corrected chi connectivity index (χ2v) is 18.7. The SMILES string of the molecule is CC1c2ccccc2-c2cc3c(c4c2CC1c1ccccc1-4)c1ccc2ccccc2c1n3-c1nc(-n2c3ccccc3c3c4ccccc4ccc32)c2sc3ccccc3c2n1. The van der Waals surface area contributed by atoms with E-state index in [2.05, 4.69) is 192 Å². The van der Waals surface area contributed by atoms with E-state index in [1.807, 2.05) is 0 Å². The summed E-state index contributed by atoms with van der Waals surface area (Å²) in [6.07, 6.45) is 1.00. The zero-order valence-corrected chi connectivity index (χ0v) is 35.1. The average Bonchev–Trinajstić information content (AvgIpc) is 3.98. The van der Waals surface area contributed by atoms with Crippen molar-refractivity contribution in [3.63, 3.8) is 0 Å². The van der Waals surface area contributed by atoms with Crippen molar-refractivity contribution in [1.29, 1.82) is 0 Å². The number of benzene rings is 9. The van der Waals surface area contributed by atoms with Gasteiger partial charge in [0, 0.05) is 37.0 Å². The monoisotopic (exact) mass is 820 g/mol. The summed E-state index contributed by atoms with van der Waals surface area (Å²) in [7, 11) is 0. The molecule has 13 aromatic rings.